The molecular formula is C18H18N4O5S. The maximum absolute atomic E-state index is 12.7. The van der Waals surface area contributed by atoms with Crippen molar-refractivity contribution < 1.29 is 23.9 Å². The molecule has 0 radical (unpaired) electrons. The van der Waals surface area contributed by atoms with Gasteiger partial charge in [0.15, 0.2) is 16.6 Å². The van der Waals surface area contributed by atoms with E-state index in [1.165, 1.54) is 18.3 Å². The van der Waals surface area contributed by atoms with Gasteiger partial charge in [0.2, 0.25) is 12.7 Å². The molecule has 0 atom stereocenters. The zero-order valence-corrected chi connectivity index (χ0v) is 16.0. The molecule has 0 unspecified atom stereocenters. The number of hydrogen-bond acceptors (Lipinski definition) is 7. The van der Waals surface area contributed by atoms with Gasteiger partial charge in [0.25, 0.3) is 11.8 Å². The Labute approximate surface area is 164 Å². The smallest absolute Gasteiger partial charge is 0.273 e. The Bertz CT molecular complexity index is 936. The Balaban J connectivity index is 1.36. The largest absolute Gasteiger partial charge is 0.454 e. The minimum absolute atomic E-state index is 0.105. The lowest BCUT2D eigenvalue weighted by molar-refractivity contribution is -0.114. The first-order chi connectivity index (χ1) is 13.5. The molecule has 1 fully saturated rings. The molecule has 1 saturated heterocycles. The topological polar surface area (TPSA) is 101 Å². The summed E-state index contributed by atoms with van der Waals surface area (Å²) in [7, 11) is 0. The van der Waals surface area contributed by atoms with Crippen molar-refractivity contribution in [2.45, 2.75) is 6.92 Å². The number of amides is 3. The van der Waals surface area contributed by atoms with Crippen molar-refractivity contribution in [3.8, 4) is 11.5 Å². The van der Waals surface area contributed by atoms with E-state index in [1.54, 1.807) is 33.4 Å². The number of carbonyl (C=O) groups excluding carboxylic acids is 3. The Morgan fingerprint density at radius 3 is 2.43 bits per heavy atom. The second-order valence-corrected chi connectivity index (χ2v) is 7.23. The molecule has 1 aromatic heterocycles. The van der Waals surface area contributed by atoms with Crippen LogP contribution in [0.15, 0.2) is 23.6 Å². The minimum Gasteiger partial charge on any atom is -0.454 e. The van der Waals surface area contributed by atoms with Crippen molar-refractivity contribution in [1.82, 2.24) is 14.8 Å². The van der Waals surface area contributed by atoms with E-state index in [0.717, 1.165) is 0 Å². The van der Waals surface area contributed by atoms with Gasteiger partial charge in [-0.1, -0.05) is 0 Å². The molecule has 28 heavy (non-hydrogen) atoms. The molecule has 0 saturated carbocycles. The number of nitrogens with zero attached hydrogens (tertiary/aromatic N) is 3. The maximum atomic E-state index is 12.7. The molecule has 9 nitrogen and oxygen atoms in total. The molecule has 4 rings (SSSR count). The molecule has 1 N–H and O–H groups in total. The van der Waals surface area contributed by atoms with Crippen molar-refractivity contribution in [3.05, 3.63) is 34.8 Å². The Morgan fingerprint density at radius 2 is 1.71 bits per heavy atom. The number of benzene rings is 1. The van der Waals surface area contributed by atoms with Crippen molar-refractivity contribution in [3.63, 3.8) is 0 Å². The van der Waals surface area contributed by atoms with Gasteiger partial charge >= 0.3 is 0 Å². The normalized spacial score (nSPS) is 15.5. The SMILES string of the molecule is CC(=O)Nc1nc(C(=O)N2CCN(C(=O)c3ccc4c(c3)OCO4)CC2)cs1. The van der Waals surface area contributed by atoms with Gasteiger partial charge < -0.3 is 24.6 Å². The fourth-order valence-electron chi connectivity index (χ4n) is 3.07. The van der Waals surface area contributed by atoms with E-state index in [2.05, 4.69) is 10.3 Å². The third kappa shape index (κ3) is 3.63. The molecule has 146 valence electrons. The first kappa shape index (κ1) is 18.2. The maximum Gasteiger partial charge on any atom is 0.273 e. The summed E-state index contributed by atoms with van der Waals surface area (Å²) in [6, 6.07) is 5.12. The zero-order chi connectivity index (χ0) is 19.7. The van der Waals surface area contributed by atoms with E-state index in [-0.39, 0.29) is 24.5 Å². The lowest BCUT2D eigenvalue weighted by Gasteiger charge is -2.34. The molecule has 10 heteroatoms. The second kappa shape index (κ2) is 7.47. The summed E-state index contributed by atoms with van der Waals surface area (Å²) >= 11 is 1.21. The fourth-order valence-corrected chi connectivity index (χ4v) is 3.80. The summed E-state index contributed by atoms with van der Waals surface area (Å²) in [5.41, 5.74) is 0.827. The van der Waals surface area contributed by atoms with Crippen LogP contribution in [0.2, 0.25) is 0 Å². The summed E-state index contributed by atoms with van der Waals surface area (Å²) in [5, 5.41) is 4.59. The van der Waals surface area contributed by atoms with Crippen LogP contribution in [0.5, 0.6) is 11.5 Å². The van der Waals surface area contributed by atoms with E-state index in [1.807, 2.05) is 0 Å². The number of aromatic nitrogens is 1. The Morgan fingerprint density at radius 1 is 1.04 bits per heavy atom. The number of anilines is 1. The summed E-state index contributed by atoms with van der Waals surface area (Å²) in [6.07, 6.45) is 0. The summed E-state index contributed by atoms with van der Waals surface area (Å²) in [6.45, 7) is 3.25. The van der Waals surface area contributed by atoms with Crippen LogP contribution in [0.25, 0.3) is 0 Å². The molecule has 0 aliphatic carbocycles. The molecule has 3 amide bonds. The van der Waals surface area contributed by atoms with Gasteiger partial charge in [0.05, 0.1) is 0 Å². The molecule has 2 aromatic rings. The highest BCUT2D eigenvalue weighted by atomic mass is 32.1. The highest BCUT2D eigenvalue weighted by Crippen LogP contribution is 2.32. The quantitative estimate of drug-likeness (QED) is 0.834. The first-order valence-electron chi connectivity index (χ1n) is 8.72. The van der Waals surface area contributed by atoms with Crippen LogP contribution in [0.1, 0.15) is 27.8 Å². The third-order valence-corrected chi connectivity index (χ3v) is 5.24. The van der Waals surface area contributed by atoms with E-state index in [4.69, 9.17) is 9.47 Å². The van der Waals surface area contributed by atoms with Crippen LogP contribution in [-0.4, -0.2) is 65.5 Å². The molecule has 2 aliphatic rings. The number of fused-ring (bicyclic) bond motifs is 1. The zero-order valence-electron chi connectivity index (χ0n) is 15.1. The molecule has 1 aromatic carbocycles. The van der Waals surface area contributed by atoms with Crippen LogP contribution in [-0.2, 0) is 4.79 Å². The van der Waals surface area contributed by atoms with Crippen LogP contribution >= 0.6 is 11.3 Å². The third-order valence-electron chi connectivity index (χ3n) is 4.48. The number of ether oxygens (including phenoxy) is 2. The van der Waals surface area contributed by atoms with Crippen molar-refractivity contribution >= 4 is 34.2 Å². The number of thiazole rings is 1. The molecule has 0 bridgehead atoms. The van der Waals surface area contributed by atoms with Gasteiger partial charge in [-0.25, -0.2) is 4.98 Å². The van der Waals surface area contributed by atoms with Gasteiger partial charge in [-0.2, -0.15) is 0 Å². The van der Waals surface area contributed by atoms with Crippen molar-refractivity contribution in [2.24, 2.45) is 0 Å². The van der Waals surface area contributed by atoms with Crippen molar-refractivity contribution in [1.29, 1.82) is 0 Å². The molecule has 2 aliphatic heterocycles. The fraction of sp³-hybridized carbons (Fsp3) is 0.333. The average Bonchev–Trinajstić information content (AvgIpc) is 3.35. The monoisotopic (exact) mass is 402 g/mol. The lowest BCUT2D eigenvalue weighted by atomic mass is 10.1. The average molecular weight is 402 g/mol. The van der Waals surface area contributed by atoms with E-state index in [9.17, 15) is 14.4 Å². The van der Waals surface area contributed by atoms with Gasteiger partial charge in [-0.15, -0.1) is 11.3 Å². The standard InChI is InChI=1S/C18H18N4O5S/c1-11(23)19-18-20-13(9-28-18)17(25)22-6-4-21(5-7-22)16(24)12-2-3-14-15(8-12)27-10-26-14/h2-3,8-9H,4-7,10H2,1H3,(H,19,20,23). The van der Waals surface area contributed by atoms with Crippen LogP contribution < -0.4 is 14.8 Å². The summed E-state index contributed by atoms with van der Waals surface area (Å²) in [4.78, 5) is 43.9. The Hall–Kier alpha value is -3.14. The highest BCUT2D eigenvalue weighted by molar-refractivity contribution is 7.14. The molecular weight excluding hydrogens is 384 g/mol. The number of piperazine rings is 1. The second-order valence-electron chi connectivity index (χ2n) is 6.37. The van der Waals surface area contributed by atoms with Gasteiger partial charge in [0, 0.05) is 44.0 Å². The highest BCUT2D eigenvalue weighted by Gasteiger charge is 2.27. The molecule has 3 heterocycles. The molecule has 0 spiro atoms. The van der Waals surface area contributed by atoms with Crippen LogP contribution in [0.4, 0.5) is 5.13 Å². The lowest BCUT2D eigenvalue weighted by Crippen LogP contribution is -2.50. The van der Waals surface area contributed by atoms with Gasteiger partial charge in [0.1, 0.15) is 5.69 Å². The predicted octanol–water partition coefficient (Wildman–Crippen LogP) is 1.43. The van der Waals surface area contributed by atoms with Crippen LogP contribution in [0, 0.1) is 0 Å². The van der Waals surface area contributed by atoms with E-state index < -0.39 is 0 Å². The van der Waals surface area contributed by atoms with Crippen LogP contribution in [0.3, 0.4) is 0 Å². The van der Waals surface area contributed by atoms with E-state index in [0.29, 0.717) is 54.1 Å². The first-order valence-corrected chi connectivity index (χ1v) is 9.60. The Kier molecular flexibility index (Phi) is 4.86. The van der Waals surface area contributed by atoms with Gasteiger partial charge in [-0.3, -0.25) is 14.4 Å². The van der Waals surface area contributed by atoms with Gasteiger partial charge in [-0.05, 0) is 18.2 Å². The minimum atomic E-state index is -0.232. The number of rotatable bonds is 3. The number of nitrogens with one attached hydrogen (secondary N) is 1. The predicted molar refractivity (Wildman–Crippen MR) is 101 cm³/mol. The van der Waals surface area contributed by atoms with E-state index >= 15 is 0 Å². The van der Waals surface area contributed by atoms with Crippen molar-refractivity contribution in [2.75, 3.05) is 38.3 Å². The summed E-state index contributed by atoms with van der Waals surface area (Å²) in [5.74, 6) is 0.658. The number of hydrogen-bond donors (Lipinski definition) is 1. The summed E-state index contributed by atoms with van der Waals surface area (Å²) < 4.78 is 10.6. The number of carbonyl (C=O) groups is 3.